The van der Waals surface area contributed by atoms with E-state index in [-0.39, 0.29) is 24.8 Å². The minimum absolute atomic E-state index is 0.0689. The number of aromatic nitrogens is 1. The third-order valence-corrected chi connectivity index (χ3v) is 4.57. The highest BCUT2D eigenvalue weighted by Gasteiger charge is 2.23. The maximum absolute atomic E-state index is 12.8. The van der Waals surface area contributed by atoms with Crippen LogP contribution in [0.15, 0.2) is 16.5 Å². The summed E-state index contributed by atoms with van der Waals surface area (Å²) >= 11 is 1.28. The first-order valence-electron chi connectivity index (χ1n) is 7.83. The Morgan fingerprint density at radius 2 is 2.04 bits per heavy atom. The van der Waals surface area contributed by atoms with Gasteiger partial charge in [-0.1, -0.05) is 13.8 Å². The second-order valence-corrected chi connectivity index (χ2v) is 7.13. The van der Waals surface area contributed by atoms with Crippen molar-refractivity contribution in [2.45, 2.75) is 34.1 Å². The van der Waals surface area contributed by atoms with Crippen LogP contribution in [0.1, 0.15) is 41.4 Å². The summed E-state index contributed by atoms with van der Waals surface area (Å²) in [6.07, 6.45) is -0.0689. The standard InChI is InChI=1S/C17H22N2O4S/c1-10(2)9-19(8-7-14(20)21)17(22)15-12(4)18-16(24-15)13-6-5-11(3)23-13/h5-6,10H,7-9H2,1-4H3,(H,20,21). The Bertz CT molecular complexity index is 733. The van der Waals surface area contributed by atoms with Crippen molar-refractivity contribution in [3.05, 3.63) is 28.5 Å². The first-order valence-corrected chi connectivity index (χ1v) is 8.65. The van der Waals surface area contributed by atoms with Crippen LogP contribution in [-0.4, -0.2) is 40.0 Å². The number of amides is 1. The number of rotatable bonds is 7. The van der Waals surface area contributed by atoms with Gasteiger partial charge in [0.25, 0.3) is 5.91 Å². The summed E-state index contributed by atoms with van der Waals surface area (Å²) in [6, 6.07) is 3.68. The minimum Gasteiger partial charge on any atom is -0.481 e. The number of hydrogen-bond acceptors (Lipinski definition) is 5. The predicted octanol–water partition coefficient (Wildman–Crippen LogP) is 3.59. The molecule has 0 atom stereocenters. The van der Waals surface area contributed by atoms with Gasteiger partial charge in [-0.05, 0) is 31.9 Å². The van der Waals surface area contributed by atoms with Crippen LogP contribution < -0.4 is 0 Å². The Balaban J connectivity index is 2.25. The molecule has 2 aromatic heterocycles. The Labute approximate surface area is 145 Å². The molecule has 0 aliphatic heterocycles. The van der Waals surface area contributed by atoms with Crippen molar-refractivity contribution in [2.75, 3.05) is 13.1 Å². The molecule has 0 bridgehead atoms. The van der Waals surface area contributed by atoms with Gasteiger partial charge >= 0.3 is 5.97 Å². The van der Waals surface area contributed by atoms with E-state index >= 15 is 0 Å². The lowest BCUT2D eigenvalue weighted by atomic mass is 10.2. The van der Waals surface area contributed by atoms with Crippen LogP contribution in [0.2, 0.25) is 0 Å². The van der Waals surface area contributed by atoms with Gasteiger partial charge in [0.05, 0.1) is 12.1 Å². The summed E-state index contributed by atoms with van der Waals surface area (Å²) in [6.45, 7) is 8.34. The molecule has 0 aliphatic rings. The van der Waals surface area contributed by atoms with Crippen molar-refractivity contribution in [1.82, 2.24) is 9.88 Å². The molecule has 24 heavy (non-hydrogen) atoms. The number of aryl methyl sites for hydroxylation is 2. The van der Waals surface area contributed by atoms with Crippen LogP contribution in [0, 0.1) is 19.8 Å². The van der Waals surface area contributed by atoms with Gasteiger partial charge in [-0.15, -0.1) is 11.3 Å². The topological polar surface area (TPSA) is 83.6 Å². The van der Waals surface area contributed by atoms with E-state index in [1.165, 1.54) is 11.3 Å². The maximum atomic E-state index is 12.8. The van der Waals surface area contributed by atoms with Gasteiger partial charge in [0.2, 0.25) is 0 Å². The lowest BCUT2D eigenvalue weighted by Gasteiger charge is -2.23. The van der Waals surface area contributed by atoms with E-state index < -0.39 is 5.97 Å². The van der Waals surface area contributed by atoms with Gasteiger partial charge in [-0.2, -0.15) is 0 Å². The van der Waals surface area contributed by atoms with Crippen LogP contribution in [0.25, 0.3) is 10.8 Å². The Kier molecular flexibility index (Phi) is 5.77. The number of hydrogen-bond donors (Lipinski definition) is 1. The molecule has 0 aliphatic carbocycles. The summed E-state index contributed by atoms with van der Waals surface area (Å²) in [7, 11) is 0. The molecule has 2 aromatic rings. The molecule has 7 heteroatoms. The lowest BCUT2D eigenvalue weighted by molar-refractivity contribution is -0.137. The average Bonchev–Trinajstić information content (AvgIpc) is 3.08. The molecular weight excluding hydrogens is 328 g/mol. The smallest absolute Gasteiger partial charge is 0.305 e. The van der Waals surface area contributed by atoms with E-state index in [0.717, 1.165) is 5.76 Å². The molecule has 1 N–H and O–H groups in total. The molecule has 130 valence electrons. The second kappa shape index (κ2) is 7.61. The van der Waals surface area contributed by atoms with Crippen molar-refractivity contribution in [3.8, 4) is 10.8 Å². The molecule has 0 radical (unpaired) electrons. The fourth-order valence-corrected chi connectivity index (χ4v) is 3.34. The second-order valence-electron chi connectivity index (χ2n) is 6.13. The number of carbonyl (C=O) groups is 2. The fraction of sp³-hybridized carbons (Fsp3) is 0.471. The molecule has 0 saturated heterocycles. The summed E-state index contributed by atoms with van der Waals surface area (Å²) < 4.78 is 5.57. The minimum atomic E-state index is -0.913. The van der Waals surface area contributed by atoms with Crippen molar-refractivity contribution in [2.24, 2.45) is 5.92 Å². The number of nitrogens with zero attached hydrogens (tertiary/aromatic N) is 2. The molecule has 2 rings (SSSR count). The highest BCUT2D eigenvalue weighted by Crippen LogP contribution is 2.30. The Hall–Kier alpha value is -2.15. The summed E-state index contributed by atoms with van der Waals surface area (Å²) in [5, 5.41) is 9.56. The highest BCUT2D eigenvalue weighted by atomic mass is 32.1. The van der Waals surface area contributed by atoms with E-state index in [0.29, 0.717) is 27.9 Å². The zero-order valence-corrected chi connectivity index (χ0v) is 15.1. The zero-order valence-electron chi connectivity index (χ0n) is 14.3. The number of aliphatic carboxylic acids is 1. The average molecular weight is 350 g/mol. The molecule has 1 amide bonds. The first kappa shape index (κ1) is 18.2. The summed E-state index contributed by atoms with van der Waals surface area (Å²) in [4.78, 5) is 30.2. The Morgan fingerprint density at radius 1 is 1.33 bits per heavy atom. The SMILES string of the molecule is Cc1ccc(-c2nc(C)c(C(=O)N(CCC(=O)O)CC(C)C)s2)o1. The molecule has 6 nitrogen and oxygen atoms in total. The van der Waals surface area contributed by atoms with E-state index in [4.69, 9.17) is 9.52 Å². The fourth-order valence-electron chi connectivity index (χ4n) is 2.34. The van der Waals surface area contributed by atoms with Crippen molar-refractivity contribution in [3.63, 3.8) is 0 Å². The van der Waals surface area contributed by atoms with Crippen molar-refractivity contribution >= 4 is 23.2 Å². The van der Waals surface area contributed by atoms with Gasteiger partial charge in [-0.25, -0.2) is 4.98 Å². The molecule has 0 saturated carbocycles. The molecule has 0 spiro atoms. The van der Waals surface area contributed by atoms with Crippen LogP contribution >= 0.6 is 11.3 Å². The third kappa shape index (κ3) is 4.44. The number of carboxylic acids is 1. The number of carbonyl (C=O) groups excluding carboxylic acids is 1. The molecule has 0 fully saturated rings. The van der Waals surface area contributed by atoms with Gasteiger partial charge in [0.15, 0.2) is 10.8 Å². The van der Waals surface area contributed by atoms with Crippen LogP contribution in [-0.2, 0) is 4.79 Å². The normalized spacial score (nSPS) is 11.0. The monoisotopic (exact) mass is 350 g/mol. The van der Waals surface area contributed by atoms with E-state index in [9.17, 15) is 9.59 Å². The van der Waals surface area contributed by atoms with E-state index in [2.05, 4.69) is 4.98 Å². The van der Waals surface area contributed by atoms with E-state index in [1.807, 2.05) is 32.9 Å². The van der Waals surface area contributed by atoms with Gasteiger partial charge in [0, 0.05) is 13.1 Å². The number of carboxylic acid groups (broad SMARTS) is 1. The molecular formula is C17H22N2O4S. The number of thiazole rings is 1. The van der Waals surface area contributed by atoms with Crippen molar-refractivity contribution < 1.29 is 19.1 Å². The molecule has 0 aromatic carbocycles. The van der Waals surface area contributed by atoms with Gasteiger partial charge in [0.1, 0.15) is 10.6 Å². The molecule has 2 heterocycles. The summed E-state index contributed by atoms with van der Waals surface area (Å²) in [5.41, 5.74) is 0.637. The number of furan rings is 1. The lowest BCUT2D eigenvalue weighted by Crippen LogP contribution is -2.35. The maximum Gasteiger partial charge on any atom is 0.305 e. The van der Waals surface area contributed by atoms with E-state index in [1.54, 1.807) is 11.8 Å². The largest absolute Gasteiger partial charge is 0.481 e. The van der Waals surface area contributed by atoms with Gasteiger partial charge < -0.3 is 14.4 Å². The summed E-state index contributed by atoms with van der Waals surface area (Å²) in [5.74, 6) is 0.594. The molecule has 0 unspecified atom stereocenters. The van der Waals surface area contributed by atoms with Crippen LogP contribution in [0.3, 0.4) is 0 Å². The Morgan fingerprint density at radius 3 is 2.58 bits per heavy atom. The van der Waals surface area contributed by atoms with Gasteiger partial charge in [-0.3, -0.25) is 9.59 Å². The predicted molar refractivity (Wildman–Crippen MR) is 92.3 cm³/mol. The third-order valence-electron chi connectivity index (χ3n) is 3.41. The van der Waals surface area contributed by atoms with Crippen LogP contribution in [0.5, 0.6) is 0 Å². The first-order chi connectivity index (χ1) is 11.3. The van der Waals surface area contributed by atoms with Crippen LogP contribution in [0.4, 0.5) is 0 Å². The highest BCUT2D eigenvalue weighted by molar-refractivity contribution is 7.17. The van der Waals surface area contributed by atoms with Crippen molar-refractivity contribution in [1.29, 1.82) is 0 Å². The zero-order chi connectivity index (χ0) is 17.9. The quantitative estimate of drug-likeness (QED) is 0.825.